The summed E-state index contributed by atoms with van der Waals surface area (Å²) in [6.07, 6.45) is 2.48. The zero-order chi connectivity index (χ0) is 13.2. The van der Waals surface area contributed by atoms with Gasteiger partial charge in [-0.3, -0.25) is 0 Å². The molecule has 2 aromatic heterocycles. The maximum atomic E-state index is 11.2. The summed E-state index contributed by atoms with van der Waals surface area (Å²) in [5, 5.41) is 14.2. The van der Waals surface area contributed by atoms with Crippen molar-refractivity contribution < 1.29 is 17.9 Å². The lowest BCUT2D eigenvalue weighted by molar-refractivity contribution is 0.0624. The van der Waals surface area contributed by atoms with Gasteiger partial charge in [0.2, 0.25) is 10.0 Å². The van der Waals surface area contributed by atoms with E-state index >= 15 is 0 Å². The average Bonchev–Trinajstić information content (AvgIpc) is 2.97. The molecule has 0 unspecified atom stereocenters. The zero-order valence-corrected chi connectivity index (χ0v) is 11.3. The van der Waals surface area contributed by atoms with Gasteiger partial charge in [0, 0.05) is 5.56 Å². The van der Waals surface area contributed by atoms with Crippen molar-refractivity contribution in [1.82, 2.24) is 4.72 Å². The molecule has 18 heavy (non-hydrogen) atoms. The fourth-order valence-electron chi connectivity index (χ4n) is 1.58. The van der Waals surface area contributed by atoms with E-state index in [0.717, 1.165) is 6.26 Å². The maximum Gasteiger partial charge on any atom is 0.208 e. The molecule has 0 saturated carbocycles. The Hall–Kier alpha value is -1.15. The molecule has 0 radical (unpaired) electrons. The molecule has 0 aliphatic heterocycles. The molecular formula is C11H13NO4S2. The molecule has 0 aromatic carbocycles. The van der Waals surface area contributed by atoms with Crippen LogP contribution in [0.2, 0.25) is 0 Å². The molecule has 2 heterocycles. The second-order valence-corrected chi connectivity index (χ2v) is 6.56. The molecule has 0 saturated heterocycles. The quantitative estimate of drug-likeness (QED) is 0.864. The molecule has 0 fully saturated rings. The van der Waals surface area contributed by atoms with Crippen LogP contribution in [0.3, 0.4) is 0 Å². The van der Waals surface area contributed by atoms with Crippen molar-refractivity contribution in [3.05, 3.63) is 46.5 Å². The lowest BCUT2D eigenvalue weighted by Crippen LogP contribution is -2.40. The first-order valence-corrected chi connectivity index (χ1v) is 7.99. The fourth-order valence-corrected chi connectivity index (χ4v) is 2.78. The summed E-state index contributed by atoms with van der Waals surface area (Å²) >= 11 is 1.42. The van der Waals surface area contributed by atoms with Crippen molar-refractivity contribution in [2.24, 2.45) is 0 Å². The summed E-state index contributed by atoms with van der Waals surface area (Å²) in [5.41, 5.74) is -0.898. The van der Waals surface area contributed by atoms with Gasteiger partial charge in [0.15, 0.2) is 5.60 Å². The number of aliphatic hydroxyl groups is 1. The number of nitrogens with one attached hydrogen (secondary N) is 1. The van der Waals surface area contributed by atoms with E-state index in [0.29, 0.717) is 11.3 Å². The topological polar surface area (TPSA) is 79.5 Å². The molecule has 2 rings (SSSR count). The van der Waals surface area contributed by atoms with E-state index in [1.165, 1.54) is 17.6 Å². The van der Waals surface area contributed by atoms with E-state index in [9.17, 15) is 13.5 Å². The van der Waals surface area contributed by atoms with Crippen LogP contribution in [0.15, 0.2) is 39.6 Å². The van der Waals surface area contributed by atoms with E-state index in [1.807, 2.05) is 5.38 Å². The van der Waals surface area contributed by atoms with E-state index < -0.39 is 15.6 Å². The molecule has 0 aliphatic rings. The Morgan fingerprint density at radius 2 is 2.28 bits per heavy atom. The monoisotopic (exact) mass is 287 g/mol. The number of furan rings is 1. The predicted octanol–water partition coefficient (Wildman–Crippen LogP) is 1.13. The lowest BCUT2D eigenvalue weighted by Gasteiger charge is -2.25. The number of rotatable bonds is 5. The molecule has 7 heteroatoms. The molecule has 1 atom stereocenters. The fraction of sp³-hybridized carbons (Fsp3) is 0.273. The SMILES string of the molecule is CS(=O)(=O)NC[C@](O)(c1ccsc1)c1ccco1. The highest BCUT2D eigenvalue weighted by Crippen LogP contribution is 2.31. The summed E-state index contributed by atoms with van der Waals surface area (Å²) in [6.45, 7) is -0.171. The second-order valence-electron chi connectivity index (χ2n) is 3.94. The van der Waals surface area contributed by atoms with Crippen molar-refractivity contribution >= 4 is 21.4 Å². The summed E-state index contributed by atoms with van der Waals surface area (Å²) in [7, 11) is -3.39. The van der Waals surface area contributed by atoms with Crippen molar-refractivity contribution in [2.45, 2.75) is 5.60 Å². The first kappa shape index (κ1) is 13.3. The Morgan fingerprint density at radius 1 is 1.50 bits per heavy atom. The van der Waals surface area contributed by atoms with Crippen molar-refractivity contribution in [3.8, 4) is 0 Å². The molecule has 0 spiro atoms. The van der Waals surface area contributed by atoms with Gasteiger partial charge in [-0.1, -0.05) is 0 Å². The average molecular weight is 287 g/mol. The third-order valence-corrected chi connectivity index (χ3v) is 3.87. The number of thiophene rings is 1. The van der Waals surface area contributed by atoms with Gasteiger partial charge in [-0.15, -0.1) is 0 Å². The van der Waals surface area contributed by atoms with E-state index in [-0.39, 0.29) is 6.54 Å². The zero-order valence-electron chi connectivity index (χ0n) is 9.66. The maximum absolute atomic E-state index is 11.2. The molecule has 0 aliphatic carbocycles. The Labute approximate surface area is 109 Å². The summed E-state index contributed by atoms with van der Waals surface area (Å²) in [5.74, 6) is 0.303. The van der Waals surface area contributed by atoms with E-state index in [2.05, 4.69) is 4.72 Å². The molecule has 2 aromatic rings. The van der Waals surface area contributed by atoms with Crippen molar-refractivity contribution in [2.75, 3.05) is 12.8 Å². The number of sulfonamides is 1. The minimum atomic E-state index is -3.39. The Morgan fingerprint density at radius 3 is 2.78 bits per heavy atom. The Balaban J connectivity index is 2.35. The van der Waals surface area contributed by atoms with Gasteiger partial charge in [-0.25, -0.2) is 13.1 Å². The van der Waals surface area contributed by atoms with Crippen molar-refractivity contribution in [3.63, 3.8) is 0 Å². The highest BCUT2D eigenvalue weighted by Gasteiger charge is 2.35. The van der Waals surface area contributed by atoms with Gasteiger partial charge in [0.05, 0.1) is 19.1 Å². The molecule has 2 N–H and O–H groups in total. The van der Waals surface area contributed by atoms with Crippen LogP contribution in [0.1, 0.15) is 11.3 Å². The van der Waals surface area contributed by atoms with E-state index in [4.69, 9.17) is 4.42 Å². The van der Waals surface area contributed by atoms with Crippen LogP contribution in [0.25, 0.3) is 0 Å². The van der Waals surface area contributed by atoms with Crippen molar-refractivity contribution in [1.29, 1.82) is 0 Å². The van der Waals surface area contributed by atoms with Crippen LogP contribution in [0.4, 0.5) is 0 Å². The van der Waals surface area contributed by atoms with Crippen LogP contribution >= 0.6 is 11.3 Å². The number of hydrogen-bond acceptors (Lipinski definition) is 5. The normalized spacial score (nSPS) is 15.4. The first-order chi connectivity index (χ1) is 8.42. The standard InChI is InChI=1S/C11H13NO4S2/c1-18(14,15)12-8-11(13,9-4-6-17-7-9)10-3-2-5-16-10/h2-7,12-13H,8H2,1H3/t11-/m0/s1. The van der Waals surface area contributed by atoms with Crippen LogP contribution in [0.5, 0.6) is 0 Å². The highest BCUT2D eigenvalue weighted by molar-refractivity contribution is 7.88. The second kappa shape index (κ2) is 4.85. The minimum absolute atomic E-state index is 0.171. The van der Waals surface area contributed by atoms with E-state index in [1.54, 1.807) is 23.6 Å². The smallest absolute Gasteiger partial charge is 0.208 e. The minimum Gasteiger partial charge on any atom is -0.466 e. The van der Waals surface area contributed by atoms with Crippen LogP contribution in [-0.4, -0.2) is 26.3 Å². The summed E-state index contributed by atoms with van der Waals surface area (Å²) in [4.78, 5) is 0. The van der Waals surface area contributed by atoms with Crippen LogP contribution in [0, 0.1) is 0 Å². The molecular weight excluding hydrogens is 274 g/mol. The molecule has 98 valence electrons. The highest BCUT2D eigenvalue weighted by atomic mass is 32.2. The largest absolute Gasteiger partial charge is 0.466 e. The molecule has 0 bridgehead atoms. The molecule has 0 amide bonds. The van der Waals surface area contributed by atoms with Gasteiger partial charge >= 0.3 is 0 Å². The molecule has 5 nitrogen and oxygen atoms in total. The van der Waals surface area contributed by atoms with Gasteiger partial charge in [0.1, 0.15) is 5.76 Å². The lowest BCUT2D eigenvalue weighted by atomic mass is 9.94. The van der Waals surface area contributed by atoms with Crippen LogP contribution in [-0.2, 0) is 15.6 Å². The Kier molecular flexibility index (Phi) is 3.58. The van der Waals surface area contributed by atoms with Gasteiger partial charge in [-0.05, 0) is 29.0 Å². The van der Waals surface area contributed by atoms with Crippen LogP contribution < -0.4 is 4.72 Å². The number of hydrogen-bond donors (Lipinski definition) is 2. The third-order valence-electron chi connectivity index (χ3n) is 2.52. The van der Waals surface area contributed by atoms with Gasteiger partial charge in [0.25, 0.3) is 0 Å². The van der Waals surface area contributed by atoms with Gasteiger partial charge in [-0.2, -0.15) is 11.3 Å². The third kappa shape index (κ3) is 2.81. The summed E-state index contributed by atoms with van der Waals surface area (Å²) in [6, 6.07) is 4.99. The van der Waals surface area contributed by atoms with Gasteiger partial charge < -0.3 is 9.52 Å². The summed E-state index contributed by atoms with van der Waals surface area (Å²) < 4.78 is 29.8. The Bertz CT molecular complexity index is 553. The first-order valence-electron chi connectivity index (χ1n) is 5.15. The predicted molar refractivity (Wildman–Crippen MR) is 68.9 cm³/mol.